The molecule has 1 aromatic carbocycles. The van der Waals surface area contributed by atoms with Crippen molar-refractivity contribution in [3.63, 3.8) is 0 Å². The molecular weight excluding hydrogens is 326 g/mol. The molecule has 1 N–H and O–H groups in total. The minimum atomic E-state index is 0.398. The molecule has 0 spiro atoms. The van der Waals surface area contributed by atoms with Crippen LogP contribution in [0.5, 0.6) is 5.75 Å². The third-order valence-corrected chi connectivity index (χ3v) is 5.66. The van der Waals surface area contributed by atoms with Crippen LogP contribution in [0.3, 0.4) is 0 Å². The number of benzene rings is 1. The first-order chi connectivity index (χ1) is 10.1. The number of hydrogen-bond acceptors (Lipinski definition) is 2. The summed E-state index contributed by atoms with van der Waals surface area (Å²) in [6.45, 7) is 7.67. The number of hydrogen-bond donors (Lipinski definition) is 1. The molecule has 0 bridgehead atoms. The summed E-state index contributed by atoms with van der Waals surface area (Å²) >= 11 is 3.68. The van der Waals surface area contributed by atoms with Gasteiger partial charge in [-0.1, -0.05) is 42.6 Å². The molecule has 1 fully saturated rings. The van der Waals surface area contributed by atoms with E-state index >= 15 is 0 Å². The first-order valence-corrected chi connectivity index (χ1v) is 8.93. The maximum atomic E-state index is 5.66. The van der Waals surface area contributed by atoms with Crippen LogP contribution in [0.25, 0.3) is 0 Å². The molecule has 0 radical (unpaired) electrons. The summed E-state index contributed by atoms with van der Waals surface area (Å²) in [4.78, 5) is 0. The van der Waals surface area contributed by atoms with Gasteiger partial charge in [-0.25, -0.2) is 0 Å². The fourth-order valence-corrected chi connectivity index (χ4v) is 3.82. The monoisotopic (exact) mass is 353 g/mol. The van der Waals surface area contributed by atoms with Crippen LogP contribution >= 0.6 is 15.9 Å². The van der Waals surface area contributed by atoms with Gasteiger partial charge in [0.1, 0.15) is 5.75 Å². The van der Waals surface area contributed by atoms with E-state index in [1.807, 2.05) is 0 Å². The Morgan fingerprint density at radius 3 is 2.52 bits per heavy atom. The van der Waals surface area contributed by atoms with Gasteiger partial charge in [-0.05, 0) is 55.8 Å². The predicted octanol–water partition coefficient (Wildman–Crippen LogP) is 5.24. The summed E-state index contributed by atoms with van der Waals surface area (Å²) in [5.74, 6) is 2.61. The van der Waals surface area contributed by atoms with E-state index in [1.54, 1.807) is 7.11 Å². The zero-order valence-corrected chi connectivity index (χ0v) is 15.3. The third-order valence-electron chi connectivity index (χ3n) is 4.80. The Kier molecular flexibility index (Phi) is 6.12. The molecule has 2 rings (SSSR count). The molecule has 2 nitrogen and oxygen atoms in total. The van der Waals surface area contributed by atoms with E-state index < -0.39 is 0 Å². The first kappa shape index (κ1) is 16.8. The SMILES string of the molecule is CCNC(c1cc(Br)c(C)cc1OC)C1CCC(C)CC1. The van der Waals surface area contributed by atoms with Crippen LogP contribution in [-0.4, -0.2) is 13.7 Å². The van der Waals surface area contributed by atoms with Crippen molar-refractivity contribution in [2.75, 3.05) is 13.7 Å². The van der Waals surface area contributed by atoms with E-state index in [0.29, 0.717) is 12.0 Å². The summed E-state index contributed by atoms with van der Waals surface area (Å²) in [7, 11) is 1.78. The lowest BCUT2D eigenvalue weighted by atomic mass is 9.77. The number of methoxy groups -OCH3 is 1. The van der Waals surface area contributed by atoms with Gasteiger partial charge in [0, 0.05) is 16.1 Å². The second-order valence-electron chi connectivity index (χ2n) is 6.40. The van der Waals surface area contributed by atoms with Gasteiger partial charge in [-0.3, -0.25) is 0 Å². The number of halogens is 1. The quantitative estimate of drug-likeness (QED) is 0.780. The van der Waals surface area contributed by atoms with Crippen LogP contribution in [-0.2, 0) is 0 Å². The fraction of sp³-hybridized carbons (Fsp3) is 0.667. The van der Waals surface area contributed by atoms with E-state index in [1.165, 1.54) is 41.3 Å². The van der Waals surface area contributed by atoms with Crippen molar-refractivity contribution >= 4 is 15.9 Å². The van der Waals surface area contributed by atoms with Crippen LogP contribution in [0.2, 0.25) is 0 Å². The average molecular weight is 354 g/mol. The van der Waals surface area contributed by atoms with Gasteiger partial charge < -0.3 is 10.1 Å². The Bertz CT molecular complexity index is 467. The summed E-state index contributed by atoms with van der Waals surface area (Å²) in [5, 5.41) is 3.70. The Morgan fingerprint density at radius 1 is 1.29 bits per heavy atom. The molecule has 1 unspecified atom stereocenters. The highest BCUT2D eigenvalue weighted by molar-refractivity contribution is 9.10. The Balaban J connectivity index is 2.31. The van der Waals surface area contributed by atoms with Crippen LogP contribution < -0.4 is 10.1 Å². The summed E-state index contributed by atoms with van der Waals surface area (Å²) in [6, 6.07) is 4.80. The molecule has 1 aliphatic carbocycles. The van der Waals surface area contributed by atoms with E-state index in [9.17, 15) is 0 Å². The van der Waals surface area contributed by atoms with Crippen molar-refractivity contribution < 1.29 is 4.74 Å². The van der Waals surface area contributed by atoms with Gasteiger partial charge in [-0.2, -0.15) is 0 Å². The molecule has 0 amide bonds. The third kappa shape index (κ3) is 4.01. The van der Waals surface area contributed by atoms with Gasteiger partial charge in [0.05, 0.1) is 7.11 Å². The van der Waals surface area contributed by atoms with Crippen molar-refractivity contribution in [3.05, 3.63) is 27.7 Å². The molecule has 0 saturated heterocycles. The van der Waals surface area contributed by atoms with E-state index in [-0.39, 0.29) is 0 Å². The van der Waals surface area contributed by atoms with E-state index in [0.717, 1.165) is 18.2 Å². The van der Waals surface area contributed by atoms with E-state index in [4.69, 9.17) is 4.74 Å². The normalized spacial score (nSPS) is 23.9. The van der Waals surface area contributed by atoms with Crippen molar-refractivity contribution in [3.8, 4) is 5.75 Å². The highest BCUT2D eigenvalue weighted by Gasteiger charge is 2.29. The van der Waals surface area contributed by atoms with E-state index in [2.05, 4.69) is 54.2 Å². The van der Waals surface area contributed by atoms with Gasteiger partial charge in [0.15, 0.2) is 0 Å². The maximum Gasteiger partial charge on any atom is 0.123 e. The Labute approximate surface area is 137 Å². The highest BCUT2D eigenvalue weighted by atomic mass is 79.9. The maximum absolute atomic E-state index is 5.66. The minimum Gasteiger partial charge on any atom is -0.496 e. The molecule has 0 heterocycles. The van der Waals surface area contributed by atoms with Crippen molar-refractivity contribution in [2.24, 2.45) is 11.8 Å². The number of aryl methyl sites for hydroxylation is 1. The molecule has 3 heteroatoms. The zero-order valence-electron chi connectivity index (χ0n) is 13.7. The standard InChI is InChI=1S/C18H28BrNO/c1-5-20-18(14-8-6-12(2)7-9-14)15-11-16(19)13(3)10-17(15)21-4/h10-12,14,18,20H,5-9H2,1-4H3. The van der Waals surface area contributed by atoms with Crippen LogP contribution in [0, 0.1) is 18.8 Å². The molecule has 0 aliphatic heterocycles. The molecule has 1 saturated carbocycles. The van der Waals surface area contributed by atoms with Crippen LogP contribution in [0.15, 0.2) is 16.6 Å². The molecule has 118 valence electrons. The highest BCUT2D eigenvalue weighted by Crippen LogP contribution is 2.41. The largest absolute Gasteiger partial charge is 0.496 e. The van der Waals surface area contributed by atoms with Crippen molar-refractivity contribution in [1.29, 1.82) is 0 Å². The lowest BCUT2D eigenvalue weighted by Crippen LogP contribution is -2.31. The Morgan fingerprint density at radius 2 is 1.95 bits per heavy atom. The van der Waals surface area contributed by atoms with Gasteiger partial charge >= 0.3 is 0 Å². The molecule has 0 aromatic heterocycles. The smallest absolute Gasteiger partial charge is 0.123 e. The molecule has 1 aliphatic rings. The molecule has 1 atom stereocenters. The summed E-state index contributed by atoms with van der Waals surface area (Å²) in [5.41, 5.74) is 2.53. The Hall–Kier alpha value is -0.540. The minimum absolute atomic E-state index is 0.398. The second kappa shape index (κ2) is 7.64. The molecule has 1 aromatic rings. The fourth-order valence-electron chi connectivity index (χ4n) is 3.46. The van der Waals surface area contributed by atoms with Crippen molar-refractivity contribution in [2.45, 2.75) is 52.5 Å². The summed E-state index contributed by atoms with van der Waals surface area (Å²) < 4.78 is 6.83. The van der Waals surface area contributed by atoms with Crippen LogP contribution in [0.4, 0.5) is 0 Å². The van der Waals surface area contributed by atoms with Gasteiger partial charge in [0.25, 0.3) is 0 Å². The predicted molar refractivity (Wildman–Crippen MR) is 93.0 cm³/mol. The molecular formula is C18H28BrNO. The lowest BCUT2D eigenvalue weighted by Gasteiger charge is -2.34. The molecule has 21 heavy (non-hydrogen) atoms. The number of rotatable bonds is 5. The number of nitrogens with one attached hydrogen (secondary N) is 1. The second-order valence-corrected chi connectivity index (χ2v) is 7.25. The number of ether oxygens (including phenoxy) is 1. The van der Waals surface area contributed by atoms with Gasteiger partial charge in [-0.15, -0.1) is 0 Å². The summed E-state index contributed by atoms with van der Waals surface area (Å²) in [6.07, 6.45) is 5.32. The zero-order chi connectivity index (χ0) is 15.4. The van der Waals surface area contributed by atoms with Crippen molar-refractivity contribution in [1.82, 2.24) is 5.32 Å². The lowest BCUT2D eigenvalue weighted by molar-refractivity contribution is 0.230. The first-order valence-electron chi connectivity index (χ1n) is 8.14. The topological polar surface area (TPSA) is 21.3 Å². The average Bonchev–Trinajstić information content (AvgIpc) is 2.48. The van der Waals surface area contributed by atoms with Gasteiger partial charge in [0.2, 0.25) is 0 Å². The van der Waals surface area contributed by atoms with Crippen LogP contribution in [0.1, 0.15) is 56.7 Å².